The van der Waals surface area contributed by atoms with Crippen molar-refractivity contribution >= 4 is 39.0 Å². The molecule has 168 valence electrons. The normalized spacial score (nSPS) is 15.5. The third kappa shape index (κ3) is 5.37. The molecule has 1 aliphatic heterocycles. The van der Waals surface area contributed by atoms with Crippen molar-refractivity contribution < 1.29 is 17.6 Å². The van der Waals surface area contributed by atoms with Crippen LogP contribution in [0.25, 0.3) is 0 Å². The van der Waals surface area contributed by atoms with Crippen molar-refractivity contribution in [2.24, 2.45) is 0 Å². The zero-order chi connectivity index (χ0) is 22.6. The number of carbonyl (C=O) groups is 1. The molecule has 2 aromatic heterocycles. The van der Waals surface area contributed by atoms with E-state index in [9.17, 15) is 17.6 Å². The van der Waals surface area contributed by atoms with E-state index in [2.05, 4.69) is 10.3 Å². The largest absolute Gasteiger partial charge is 0.344 e. The second-order valence-electron chi connectivity index (χ2n) is 7.30. The van der Waals surface area contributed by atoms with Gasteiger partial charge in [-0.3, -0.25) is 4.79 Å². The SMILES string of the molecule is O=C(CSc1ccc(S(=O)(=O)N2CCCC2)cn1)NC(c1ccc(F)cc1)c1cccs1. The Labute approximate surface area is 194 Å². The van der Waals surface area contributed by atoms with Gasteiger partial charge in [0.25, 0.3) is 0 Å². The average molecular weight is 492 g/mol. The van der Waals surface area contributed by atoms with Gasteiger partial charge >= 0.3 is 0 Å². The number of hydrogen-bond acceptors (Lipinski definition) is 6. The van der Waals surface area contributed by atoms with Gasteiger partial charge in [-0.25, -0.2) is 17.8 Å². The lowest BCUT2D eigenvalue weighted by atomic mass is 10.1. The van der Waals surface area contributed by atoms with Crippen molar-refractivity contribution in [3.05, 3.63) is 76.4 Å². The van der Waals surface area contributed by atoms with Crippen LogP contribution in [0.1, 0.15) is 29.3 Å². The average Bonchev–Trinajstić information content (AvgIpc) is 3.52. The van der Waals surface area contributed by atoms with Crippen molar-refractivity contribution in [3.8, 4) is 0 Å². The zero-order valence-corrected chi connectivity index (χ0v) is 19.6. The summed E-state index contributed by atoms with van der Waals surface area (Å²) in [5, 5.41) is 5.49. The molecule has 3 aromatic rings. The highest BCUT2D eigenvalue weighted by Crippen LogP contribution is 2.27. The third-order valence-corrected chi connectivity index (χ3v) is 8.86. The lowest BCUT2D eigenvalue weighted by molar-refractivity contribution is -0.119. The Balaban J connectivity index is 1.39. The van der Waals surface area contributed by atoms with E-state index in [-0.39, 0.29) is 28.4 Å². The van der Waals surface area contributed by atoms with E-state index in [0.29, 0.717) is 18.1 Å². The monoisotopic (exact) mass is 491 g/mol. The molecule has 0 bridgehead atoms. The number of aromatic nitrogens is 1. The van der Waals surface area contributed by atoms with E-state index < -0.39 is 10.0 Å². The maximum Gasteiger partial charge on any atom is 0.244 e. The van der Waals surface area contributed by atoms with Crippen LogP contribution in [-0.4, -0.2) is 42.5 Å². The Morgan fingerprint density at radius 2 is 1.91 bits per heavy atom. The molecule has 1 aromatic carbocycles. The summed E-state index contributed by atoms with van der Waals surface area (Å²) in [6, 6.07) is 12.7. The molecule has 1 unspecified atom stereocenters. The second-order valence-corrected chi connectivity index (χ2v) is 11.2. The van der Waals surface area contributed by atoms with E-state index in [4.69, 9.17) is 0 Å². The Hall–Kier alpha value is -2.27. The topological polar surface area (TPSA) is 79.4 Å². The highest BCUT2D eigenvalue weighted by molar-refractivity contribution is 7.99. The molecule has 0 spiro atoms. The molecular formula is C22H22FN3O3S3. The fourth-order valence-electron chi connectivity index (χ4n) is 3.45. The van der Waals surface area contributed by atoms with E-state index in [1.807, 2.05) is 17.5 Å². The van der Waals surface area contributed by atoms with Gasteiger partial charge in [-0.15, -0.1) is 11.3 Å². The number of benzene rings is 1. The van der Waals surface area contributed by atoms with Gasteiger partial charge in [0.05, 0.1) is 16.8 Å². The number of rotatable bonds is 8. The van der Waals surface area contributed by atoms with Crippen LogP contribution < -0.4 is 5.32 Å². The summed E-state index contributed by atoms with van der Waals surface area (Å²) < 4.78 is 40.0. The zero-order valence-electron chi connectivity index (χ0n) is 17.1. The summed E-state index contributed by atoms with van der Waals surface area (Å²) in [4.78, 5) is 18.0. The van der Waals surface area contributed by atoms with Gasteiger partial charge in [-0.05, 0) is 54.1 Å². The Kier molecular flexibility index (Phi) is 7.24. The van der Waals surface area contributed by atoms with Crippen LogP contribution in [0.3, 0.4) is 0 Å². The summed E-state index contributed by atoms with van der Waals surface area (Å²) in [5.41, 5.74) is 0.793. The molecule has 1 aliphatic rings. The molecule has 32 heavy (non-hydrogen) atoms. The van der Waals surface area contributed by atoms with E-state index in [1.54, 1.807) is 18.2 Å². The molecule has 1 saturated heterocycles. The lowest BCUT2D eigenvalue weighted by Crippen LogP contribution is -2.30. The number of nitrogens with one attached hydrogen (secondary N) is 1. The lowest BCUT2D eigenvalue weighted by Gasteiger charge is -2.18. The highest BCUT2D eigenvalue weighted by Gasteiger charge is 2.27. The number of thiophene rings is 1. The predicted octanol–water partition coefficient (Wildman–Crippen LogP) is 4.06. The van der Waals surface area contributed by atoms with Gasteiger partial charge in [-0.2, -0.15) is 4.31 Å². The molecule has 0 saturated carbocycles. The van der Waals surface area contributed by atoms with Crippen LogP contribution in [0.15, 0.2) is 70.0 Å². The number of thioether (sulfide) groups is 1. The number of halogens is 1. The molecule has 3 heterocycles. The summed E-state index contributed by atoms with van der Waals surface area (Å²) in [6.45, 7) is 1.08. The Morgan fingerprint density at radius 3 is 2.53 bits per heavy atom. The molecule has 1 amide bonds. The number of carbonyl (C=O) groups excluding carboxylic acids is 1. The first-order chi connectivity index (χ1) is 15.4. The van der Waals surface area contributed by atoms with E-state index in [1.165, 1.54) is 51.8 Å². The first-order valence-corrected chi connectivity index (χ1v) is 13.4. The number of amides is 1. The molecule has 4 rings (SSSR count). The molecule has 1 atom stereocenters. The molecular weight excluding hydrogens is 469 g/mol. The first kappa shape index (κ1) is 22.9. The number of nitrogens with zero attached hydrogens (tertiary/aromatic N) is 2. The molecule has 0 aliphatic carbocycles. The summed E-state index contributed by atoms with van der Waals surface area (Å²) in [7, 11) is -3.50. The maximum atomic E-state index is 13.3. The van der Waals surface area contributed by atoms with E-state index >= 15 is 0 Å². The van der Waals surface area contributed by atoms with Crippen LogP contribution in [0.5, 0.6) is 0 Å². The standard InChI is InChI=1S/C22H22FN3O3S3/c23-17-7-5-16(6-8-17)22(19-4-3-13-30-19)25-20(27)15-31-21-10-9-18(14-24-21)32(28,29)26-11-1-2-12-26/h3-10,13-14,22H,1-2,11-12,15H2,(H,25,27). The molecule has 0 radical (unpaired) electrons. The fraction of sp³-hybridized carbons (Fsp3) is 0.273. The van der Waals surface area contributed by atoms with Gasteiger partial charge in [0, 0.05) is 24.2 Å². The van der Waals surface area contributed by atoms with Gasteiger partial charge in [0.1, 0.15) is 10.7 Å². The predicted molar refractivity (Wildman–Crippen MR) is 124 cm³/mol. The maximum absolute atomic E-state index is 13.3. The van der Waals surface area contributed by atoms with Gasteiger partial charge in [0.15, 0.2) is 0 Å². The third-order valence-electron chi connectivity index (χ3n) is 5.10. The van der Waals surface area contributed by atoms with Crippen LogP contribution in [0.2, 0.25) is 0 Å². The Morgan fingerprint density at radius 1 is 1.16 bits per heavy atom. The Bertz CT molecular complexity index is 1150. The summed E-state index contributed by atoms with van der Waals surface area (Å²) in [5.74, 6) is -0.413. The smallest absolute Gasteiger partial charge is 0.244 e. The van der Waals surface area contributed by atoms with Gasteiger partial charge in [0.2, 0.25) is 15.9 Å². The van der Waals surface area contributed by atoms with Crippen LogP contribution >= 0.6 is 23.1 Å². The van der Waals surface area contributed by atoms with Crippen LogP contribution in [0.4, 0.5) is 4.39 Å². The van der Waals surface area contributed by atoms with E-state index in [0.717, 1.165) is 23.3 Å². The van der Waals surface area contributed by atoms with Crippen molar-refractivity contribution in [2.45, 2.75) is 28.8 Å². The first-order valence-electron chi connectivity index (χ1n) is 10.1. The fourth-order valence-corrected chi connectivity index (χ4v) is 6.37. The van der Waals surface area contributed by atoms with Gasteiger partial charge < -0.3 is 5.32 Å². The quantitative estimate of drug-likeness (QED) is 0.481. The highest BCUT2D eigenvalue weighted by atomic mass is 32.2. The van der Waals surface area contributed by atoms with Crippen molar-refractivity contribution in [3.63, 3.8) is 0 Å². The minimum Gasteiger partial charge on any atom is -0.344 e. The molecule has 10 heteroatoms. The molecule has 1 N–H and O–H groups in total. The van der Waals surface area contributed by atoms with Crippen molar-refractivity contribution in [1.82, 2.24) is 14.6 Å². The number of sulfonamides is 1. The van der Waals surface area contributed by atoms with Crippen LogP contribution in [0, 0.1) is 5.82 Å². The van der Waals surface area contributed by atoms with Crippen LogP contribution in [-0.2, 0) is 14.8 Å². The van der Waals surface area contributed by atoms with Crippen molar-refractivity contribution in [2.75, 3.05) is 18.8 Å². The second kappa shape index (κ2) is 10.1. The van der Waals surface area contributed by atoms with Gasteiger partial charge in [-0.1, -0.05) is 30.0 Å². The molecule has 6 nitrogen and oxygen atoms in total. The minimum atomic E-state index is -3.50. The number of pyridine rings is 1. The molecule has 1 fully saturated rings. The summed E-state index contributed by atoms with van der Waals surface area (Å²) in [6.07, 6.45) is 3.10. The minimum absolute atomic E-state index is 0.119. The summed E-state index contributed by atoms with van der Waals surface area (Å²) >= 11 is 2.74. The van der Waals surface area contributed by atoms with Crippen molar-refractivity contribution in [1.29, 1.82) is 0 Å². The number of hydrogen-bond donors (Lipinski definition) is 1.